The van der Waals surface area contributed by atoms with Crippen LogP contribution in [-0.2, 0) is 9.53 Å². The van der Waals surface area contributed by atoms with Gasteiger partial charge in [-0.25, -0.2) is 4.79 Å². The molecule has 0 amide bonds. The van der Waals surface area contributed by atoms with E-state index in [-0.39, 0.29) is 0 Å². The van der Waals surface area contributed by atoms with Gasteiger partial charge in [-0.05, 0) is 36.3 Å². The standard InChI is InChI=1S/C19H17BrO2/c1-14(2)19(21)22-18(16-9-11-17(20)12-10-16)13-8-15-6-4-3-5-7-15/h3-13,18H,1H2,2H3/b13-8+. The summed E-state index contributed by atoms with van der Waals surface area (Å²) in [5.74, 6) is -0.398. The first-order valence-corrected chi connectivity index (χ1v) is 7.71. The van der Waals surface area contributed by atoms with Crippen LogP contribution in [0.3, 0.4) is 0 Å². The molecule has 0 heterocycles. The van der Waals surface area contributed by atoms with Gasteiger partial charge in [-0.2, -0.15) is 0 Å². The zero-order valence-electron chi connectivity index (χ0n) is 12.3. The van der Waals surface area contributed by atoms with Crippen LogP contribution in [0.1, 0.15) is 24.2 Å². The van der Waals surface area contributed by atoms with Gasteiger partial charge >= 0.3 is 5.97 Å². The molecule has 2 rings (SSSR count). The van der Waals surface area contributed by atoms with Crippen molar-refractivity contribution in [3.63, 3.8) is 0 Å². The quantitative estimate of drug-likeness (QED) is 0.535. The molecule has 0 saturated carbocycles. The smallest absolute Gasteiger partial charge is 0.334 e. The average Bonchev–Trinajstić information content (AvgIpc) is 2.53. The van der Waals surface area contributed by atoms with Gasteiger partial charge in [0.1, 0.15) is 6.10 Å². The molecule has 0 N–H and O–H groups in total. The maximum absolute atomic E-state index is 11.8. The van der Waals surface area contributed by atoms with Gasteiger partial charge in [-0.1, -0.05) is 71.0 Å². The highest BCUT2D eigenvalue weighted by Crippen LogP contribution is 2.23. The minimum atomic E-state index is -0.447. The lowest BCUT2D eigenvalue weighted by atomic mass is 10.1. The van der Waals surface area contributed by atoms with Gasteiger partial charge in [0.05, 0.1) is 0 Å². The third-order valence-corrected chi connectivity index (χ3v) is 3.57. The first-order valence-electron chi connectivity index (χ1n) is 6.91. The maximum atomic E-state index is 11.8. The Morgan fingerprint density at radius 3 is 2.36 bits per heavy atom. The predicted molar refractivity (Wildman–Crippen MR) is 93.3 cm³/mol. The van der Waals surface area contributed by atoms with Gasteiger partial charge in [0.2, 0.25) is 0 Å². The lowest BCUT2D eigenvalue weighted by Gasteiger charge is -2.15. The Labute approximate surface area is 139 Å². The monoisotopic (exact) mass is 356 g/mol. The van der Waals surface area contributed by atoms with E-state index in [1.807, 2.05) is 66.7 Å². The molecule has 0 saturated heterocycles. The molecule has 0 aliphatic rings. The van der Waals surface area contributed by atoms with Gasteiger partial charge in [-0.3, -0.25) is 0 Å². The van der Waals surface area contributed by atoms with E-state index in [1.54, 1.807) is 6.92 Å². The Bertz CT molecular complexity index is 672. The molecule has 2 aromatic carbocycles. The number of carbonyl (C=O) groups is 1. The molecule has 1 unspecified atom stereocenters. The van der Waals surface area contributed by atoms with E-state index >= 15 is 0 Å². The van der Waals surface area contributed by atoms with Crippen LogP contribution in [0.4, 0.5) is 0 Å². The van der Waals surface area contributed by atoms with Gasteiger partial charge in [0.15, 0.2) is 0 Å². The summed E-state index contributed by atoms with van der Waals surface area (Å²) in [7, 11) is 0. The summed E-state index contributed by atoms with van der Waals surface area (Å²) in [6, 6.07) is 17.6. The van der Waals surface area contributed by atoms with Crippen LogP contribution in [0, 0.1) is 0 Å². The molecule has 112 valence electrons. The van der Waals surface area contributed by atoms with E-state index in [0.717, 1.165) is 15.6 Å². The van der Waals surface area contributed by atoms with E-state index < -0.39 is 12.1 Å². The fraction of sp³-hybridized carbons (Fsp3) is 0.105. The molecule has 2 nitrogen and oxygen atoms in total. The van der Waals surface area contributed by atoms with Crippen molar-refractivity contribution in [2.24, 2.45) is 0 Å². The summed E-state index contributed by atoms with van der Waals surface area (Å²) in [6.07, 6.45) is 3.37. The fourth-order valence-electron chi connectivity index (χ4n) is 1.85. The Morgan fingerprint density at radius 2 is 1.77 bits per heavy atom. The molecule has 0 radical (unpaired) electrons. The van der Waals surface area contributed by atoms with Crippen molar-refractivity contribution in [3.05, 3.63) is 88.4 Å². The minimum Gasteiger partial charge on any atom is -0.450 e. The highest BCUT2D eigenvalue weighted by Gasteiger charge is 2.14. The number of halogens is 1. The Kier molecular flexibility index (Phi) is 5.73. The Hall–Kier alpha value is -2.13. The van der Waals surface area contributed by atoms with Crippen molar-refractivity contribution < 1.29 is 9.53 Å². The number of rotatable bonds is 5. The highest BCUT2D eigenvalue weighted by molar-refractivity contribution is 9.10. The van der Waals surface area contributed by atoms with E-state index in [0.29, 0.717) is 5.57 Å². The van der Waals surface area contributed by atoms with Crippen LogP contribution in [0.2, 0.25) is 0 Å². The number of hydrogen-bond acceptors (Lipinski definition) is 2. The van der Waals surface area contributed by atoms with Gasteiger partial charge < -0.3 is 4.74 Å². The molecule has 0 fully saturated rings. The molecule has 0 spiro atoms. The van der Waals surface area contributed by atoms with Crippen LogP contribution in [0.15, 0.2) is 77.3 Å². The van der Waals surface area contributed by atoms with Crippen molar-refractivity contribution in [2.45, 2.75) is 13.0 Å². The zero-order valence-corrected chi connectivity index (χ0v) is 13.9. The summed E-state index contributed by atoms with van der Waals surface area (Å²) in [4.78, 5) is 11.8. The van der Waals surface area contributed by atoms with Crippen molar-refractivity contribution in [1.82, 2.24) is 0 Å². The van der Waals surface area contributed by atoms with Gasteiger partial charge in [0, 0.05) is 10.0 Å². The zero-order chi connectivity index (χ0) is 15.9. The summed E-state index contributed by atoms with van der Waals surface area (Å²) in [5.41, 5.74) is 2.34. The predicted octanol–water partition coefficient (Wildman–Crippen LogP) is 5.32. The molecule has 2 aromatic rings. The number of hydrogen-bond donors (Lipinski definition) is 0. The number of benzene rings is 2. The maximum Gasteiger partial charge on any atom is 0.334 e. The lowest BCUT2D eigenvalue weighted by molar-refractivity contribution is -0.142. The minimum absolute atomic E-state index is 0.384. The van der Waals surface area contributed by atoms with E-state index in [4.69, 9.17) is 4.74 Å². The van der Waals surface area contributed by atoms with Crippen molar-refractivity contribution in [3.8, 4) is 0 Å². The third-order valence-electron chi connectivity index (χ3n) is 3.04. The van der Waals surface area contributed by atoms with Crippen molar-refractivity contribution in [2.75, 3.05) is 0 Å². The fourth-order valence-corrected chi connectivity index (χ4v) is 2.11. The molecule has 0 aliphatic heterocycles. The number of esters is 1. The van der Waals surface area contributed by atoms with Crippen molar-refractivity contribution >= 4 is 28.0 Å². The van der Waals surface area contributed by atoms with Crippen LogP contribution in [-0.4, -0.2) is 5.97 Å². The van der Waals surface area contributed by atoms with Crippen LogP contribution < -0.4 is 0 Å². The second-order valence-corrected chi connectivity index (χ2v) is 5.84. The van der Waals surface area contributed by atoms with Crippen LogP contribution in [0.25, 0.3) is 6.08 Å². The largest absolute Gasteiger partial charge is 0.450 e. The van der Waals surface area contributed by atoms with E-state index in [2.05, 4.69) is 22.5 Å². The molecule has 22 heavy (non-hydrogen) atoms. The van der Waals surface area contributed by atoms with E-state index in [9.17, 15) is 4.79 Å². The SMILES string of the molecule is C=C(C)C(=O)OC(/C=C/c1ccccc1)c1ccc(Br)cc1. The van der Waals surface area contributed by atoms with E-state index in [1.165, 1.54) is 0 Å². The highest BCUT2D eigenvalue weighted by atomic mass is 79.9. The van der Waals surface area contributed by atoms with Crippen LogP contribution >= 0.6 is 15.9 Å². The topological polar surface area (TPSA) is 26.3 Å². The average molecular weight is 357 g/mol. The molecular weight excluding hydrogens is 340 g/mol. The molecule has 3 heteroatoms. The Morgan fingerprint density at radius 1 is 1.14 bits per heavy atom. The second kappa shape index (κ2) is 7.76. The molecule has 1 atom stereocenters. The summed E-state index contributed by atoms with van der Waals surface area (Å²) in [5, 5.41) is 0. The molecule has 0 aliphatic carbocycles. The van der Waals surface area contributed by atoms with Crippen LogP contribution in [0.5, 0.6) is 0 Å². The molecular formula is C19H17BrO2. The summed E-state index contributed by atoms with van der Waals surface area (Å²) in [6.45, 7) is 5.27. The summed E-state index contributed by atoms with van der Waals surface area (Å²) >= 11 is 3.40. The normalized spacial score (nSPS) is 12.1. The van der Waals surface area contributed by atoms with Gasteiger partial charge in [0.25, 0.3) is 0 Å². The third kappa shape index (κ3) is 4.71. The van der Waals surface area contributed by atoms with Gasteiger partial charge in [-0.15, -0.1) is 0 Å². The Balaban J connectivity index is 2.25. The van der Waals surface area contributed by atoms with Crippen molar-refractivity contribution in [1.29, 1.82) is 0 Å². The lowest BCUT2D eigenvalue weighted by Crippen LogP contribution is -2.10. The first kappa shape index (κ1) is 16.2. The summed E-state index contributed by atoms with van der Waals surface area (Å²) < 4.78 is 6.50. The molecule has 0 aromatic heterocycles. The number of ether oxygens (including phenoxy) is 1. The second-order valence-electron chi connectivity index (χ2n) is 4.93. The first-order chi connectivity index (χ1) is 10.6. The number of carbonyl (C=O) groups excluding carboxylic acids is 1. The molecule has 0 bridgehead atoms.